The first kappa shape index (κ1) is 49.5. The number of nitrogens with zero attached hydrogens (tertiary/aromatic N) is 2. The number of thiophene rings is 2. The second-order valence-electron chi connectivity index (χ2n) is 18.6. The number of rotatable bonds is 19. The summed E-state index contributed by atoms with van der Waals surface area (Å²) < 4.78 is 38.7. The number of aryl methyl sites for hydroxylation is 1. The van der Waals surface area contributed by atoms with E-state index in [9.17, 15) is 29.0 Å². The number of nitrogens with one attached hydrogen (secondary N) is 2. The number of halogens is 1. The molecule has 4 aromatic carbocycles. The first-order valence-electron chi connectivity index (χ1n) is 23.2. The van der Waals surface area contributed by atoms with Gasteiger partial charge in [0.05, 0.1) is 30.3 Å². The molecule has 0 aliphatic carbocycles. The number of hydrogen-bond donors (Lipinski definition) is 4. The van der Waals surface area contributed by atoms with E-state index in [0.717, 1.165) is 51.2 Å². The minimum absolute atomic E-state index is 0.00978. The van der Waals surface area contributed by atoms with Crippen molar-refractivity contribution in [3.63, 3.8) is 0 Å². The molecule has 2 aliphatic rings. The number of hydrogen-bond acceptors (Lipinski definition) is 12. The molecule has 0 radical (unpaired) electrons. The Labute approximate surface area is 409 Å². The van der Waals surface area contributed by atoms with E-state index in [2.05, 4.69) is 33.9 Å². The van der Waals surface area contributed by atoms with Gasteiger partial charge in [0.15, 0.2) is 5.75 Å². The third-order valence-corrected chi connectivity index (χ3v) is 14.6. The van der Waals surface area contributed by atoms with Crippen LogP contribution in [0.25, 0.3) is 31.0 Å². The maximum Gasteiger partial charge on any atom is 0.246 e. The Bertz CT molecular complexity index is 2700. The van der Waals surface area contributed by atoms with Gasteiger partial charge in [-0.05, 0) is 107 Å². The van der Waals surface area contributed by atoms with Gasteiger partial charge in [-0.3, -0.25) is 19.3 Å². The molecule has 0 saturated carbocycles. The van der Waals surface area contributed by atoms with Crippen molar-refractivity contribution in [3.8, 4) is 43.9 Å². The summed E-state index contributed by atoms with van der Waals surface area (Å²) in [7, 11) is 0. The molecule has 0 bridgehead atoms. The van der Waals surface area contributed by atoms with Gasteiger partial charge in [-0.2, -0.15) is 0 Å². The lowest BCUT2D eigenvalue weighted by atomic mass is 9.85. The summed E-state index contributed by atoms with van der Waals surface area (Å²) in [5.74, 6) is 0.525. The predicted molar refractivity (Wildman–Crippen MR) is 266 cm³/mol. The summed E-state index contributed by atoms with van der Waals surface area (Å²) in [5.41, 5.74) is 3.36. The smallest absolute Gasteiger partial charge is 0.246 e. The molecule has 2 saturated heterocycles. The van der Waals surface area contributed by atoms with E-state index >= 15 is 0 Å². The average Bonchev–Trinajstić information content (AvgIpc) is 4.14. The van der Waals surface area contributed by atoms with Crippen molar-refractivity contribution >= 4 is 50.5 Å². The van der Waals surface area contributed by atoms with Crippen LogP contribution < -0.4 is 20.1 Å². The molecule has 69 heavy (non-hydrogen) atoms. The van der Waals surface area contributed by atoms with Gasteiger partial charge in [-0.25, -0.2) is 4.39 Å². The van der Waals surface area contributed by atoms with Crippen molar-refractivity contribution < 1.29 is 47.9 Å². The van der Waals surface area contributed by atoms with Gasteiger partial charge < -0.3 is 44.7 Å². The van der Waals surface area contributed by atoms with E-state index < -0.39 is 35.4 Å². The van der Waals surface area contributed by atoms with E-state index in [1.807, 2.05) is 75.4 Å². The van der Waals surface area contributed by atoms with Crippen molar-refractivity contribution in [3.05, 3.63) is 119 Å². The fourth-order valence-corrected chi connectivity index (χ4v) is 10.7. The molecule has 3 amide bonds. The third kappa shape index (κ3) is 12.7. The topological polar surface area (TPSA) is 159 Å². The molecular formula is C53H59FN4O9S2. The number of likely N-dealkylation sites (tertiary alicyclic amines) is 2. The van der Waals surface area contributed by atoms with Gasteiger partial charge in [0, 0.05) is 54.1 Å². The lowest BCUT2D eigenvalue weighted by molar-refractivity contribution is -0.144. The fourth-order valence-electron chi connectivity index (χ4n) is 8.62. The highest BCUT2D eigenvalue weighted by Gasteiger charge is 2.44. The van der Waals surface area contributed by atoms with Crippen LogP contribution in [0.4, 0.5) is 4.39 Å². The summed E-state index contributed by atoms with van der Waals surface area (Å²) in [5, 5.41) is 29.3. The molecule has 16 heteroatoms. The van der Waals surface area contributed by atoms with Crippen molar-refractivity contribution in [2.75, 3.05) is 52.6 Å². The lowest BCUT2D eigenvalue weighted by Gasteiger charge is -2.35. The quantitative estimate of drug-likeness (QED) is 0.0580. The number of aliphatic hydroxyl groups excluding tert-OH is 1. The molecule has 2 aliphatic heterocycles. The molecule has 13 nitrogen and oxygen atoms in total. The Morgan fingerprint density at radius 3 is 2.33 bits per heavy atom. The van der Waals surface area contributed by atoms with Crippen LogP contribution in [-0.2, 0) is 30.4 Å². The number of aliphatic hydroxyl groups is 1. The molecule has 4 atom stereocenters. The van der Waals surface area contributed by atoms with Gasteiger partial charge >= 0.3 is 0 Å². The third-order valence-electron chi connectivity index (χ3n) is 12.3. The van der Waals surface area contributed by atoms with Crippen LogP contribution in [0, 0.1) is 18.2 Å². The van der Waals surface area contributed by atoms with Crippen LogP contribution in [-0.4, -0.2) is 115 Å². The molecule has 8 rings (SSSR count). The molecule has 2 aromatic heterocycles. The van der Waals surface area contributed by atoms with Crippen LogP contribution in [0.3, 0.4) is 0 Å². The maximum absolute atomic E-state index is 14.0. The number of carbonyl (C=O) groups excluding carboxylic acids is 3. The minimum Gasteiger partial charge on any atom is -0.508 e. The molecular weight excluding hydrogens is 920 g/mol. The maximum atomic E-state index is 14.0. The molecule has 2 fully saturated rings. The molecule has 6 aromatic rings. The summed E-state index contributed by atoms with van der Waals surface area (Å²) in [6.45, 7) is 10.9. The first-order chi connectivity index (χ1) is 33.2. The largest absolute Gasteiger partial charge is 0.508 e. The highest BCUT2D eigenvalue weighted by molar-refractivity contribution is 7.22. The van der Waals surface area contributed by atoms with Gasteiger partial charge in [0.25, 0.3) is 0 Å². The lowest BCUT2D eigenvalue weighted by Crippen LogP contribution is -2.58. The Morgan fingerprint density at radius 2 is 1.61 bits per heavy atom. The predicted octanol–water partition coefficient (Wildman–Crippen LogP) is 8.54. The Kier molecular flexibility index (Phi) is 16.0. The van der Waals surface area contributed by atoms with Crippen LogP contribution >= 0.6 is 22.7 Å². The van der Waals surface area contributed by atoms with Crippen LogP contribution in [0.2, 0.25) is 0 Å². The van der Waals surface area contributed by atoms with Gasteiger partial charge in [-0.1, -0.05) is 57.2 Å². The number of phenolic OH excluding ortho intramolecular Hbond substituents is 1. The zero-order valence-electron chi connectivity index (χ0n) is 39.2. The van der Waals surface area contributed by atoms with E-state index in [1.165, 1.54) is 38.8 Å². The first-order valence-corrected chi connectivity index (χ1v) is 24.9. The van der Waals surface area contributed by atoms with E-state index in [1.54, 1.807) is 35.6 Å². The molecule has 0 unspecified atom stereocenters. The van der Waals surface area contributed by atoms with Gasteiger partial charge in [0.2, 0.25) is 17.7 Å². The van der Waals surface area contributed by atoms with Crippen LogP contribution in [0.5, 0.6) is 23.0 Å². The van der Waals surface area contributed by atoms with Crippen molar-refractivity contribution in [1.29, 1.82) is 0 Å². The normalized spacial score (nSPS) is 17.8. The monoisotopic (exact) mass is 978 g/mol. The van der Waals surface area contributed by atoms with Crippen LogP contribution in [0.15, 0.2) is 102 Å². The summed E-state index contributed by atoms with van der Waals surface area (Å²) >= 11 is 3.15. The molecule has 364 valence electrons. The van der Waals surface area contributed by atoms with E-state index in [4.69, 9.17) is 18.9 Å². The van der Waals surface area contributed by atoms with Crippen LogP contribution in [0.1, 0.15) is 44.7 Å². The van der Waals surface area contributed by atoms with Crippen molar-refractivity contribution in [2.45, 2.75) is 71.4 Å². The van der Waals surface area contributed by atoms with Crippen molar-refractivity contribution in [1.82, 2.24) is 20.4 Å². The van der Waals surface area contributed by atoms with E-state index in [-0.39, 0.29) is 56.3 Å². The number of ether oxygens (including phenoxy) is 4. The summed E-state index contributed by atoms with van der Waals surface area (Å²) in [4.78, 5) is 46.3. The van der Waals surface area contributed by atoms with E-state index in [0.29, 0.717) is 37.0 Å². The highest BCUT2D eigenvalue weighted by Crippen LogP contribution is 2.47. The number of fused-ring (bicyclic) bond motifs is 1. The number of carbonyl (C=O) groups is 3. The Balaban J connectivity index is 0.732. The zero-order chi connectivity index (χ0) is 48.7. The molecule has 4 heterocycles. The Morgan fingerprint density at radius 1 is 0.884 bits per heavy atom. The Hall–Kier alpha value is -5.88. The standard InChI is InChI=1S/C53H59FN4O9S2/c1-33-20-26-68-48(33)35-7-5-34(6-8-35)29-55-51(62)44-27-39(60)30-58(44)52(63)50(53(2,3)4)56-46(61)32-64-24-25-66-42-19-21-57(31-42)22-23-65-40-14-16-41(17-15-40)67-47-43-18-13-38(59)28-45(43)69-49(47)36-9-11-37(54)12-10-36/h5-18,20,26,28,39,42,44,50,59-60H,19,21-25,27,29-32H2,1-4H3,(H,55,62)(H,56,61)/t39-,42+,44+,50-/m1/s1. The van der Waals surface area contributed by atoms with Crippen molar-refractivity contribution in [2.24, 2.45) is 5.41 Å². The summed E-state index contributed by atoms with van der Waals surface area (Å²) in [6.07, 6.45) is 0.105. The number of amides is 3. The summed E-state index contributed by atoms with van der Waals surface area (Å²) in [6, 6.07) is 27.0. The molecule has 0 spiro atoms. The highest BCUT2D eigenvalue weighted by atomic mass is 32.1. The zero-order valence-corrected chi connectivity index (χ0v) is 40.9. The second-order valence-corrected chi connectivity index (χ2v) is 20.6. The molecule has 4 N–H and O–H groups in total. The number of phenols is 1. The second kappa shape index (κ2) is 22.3. The minimum atomic E-state index is -0.959. The number of benzene rings is 4. The average molecular weight is 979 g/mol. The number of β-amino-alcohol motifs (C(OH)–C–C–N with tert-alkyl or cyclic N) is 1. The van der Waals surface area contributed by atoms with Gasteiger partial charge in [-0.15, -0.1) is 22.7 Å². The number of aromatic hydroxyl groups is 1. The fraction of sp³-hybridized carbons (Fsp3) is 0.377. The SMILES string of the molecule is Cc1ccsc1-c1ccc(CNC(=O)[C@@H]2C[C@@H](O)CN2C(=O)[C@@H](NC(=O)COCCO[C@H]2CCN(CCOc3ccc(Oc4c(-c5ccc(F)cc5)sc5cc(O)ccc45)cc3)C2)C(C)(C)C)cc1. The van der Waals surface area contributed by atoms with Gasteiger partial charge in [0.1, 0.15) is 48.4 Å².